The van der Waals surface area contributed by atoms with Crippen molar-refractivity contribution in [2.24, 2.45) is 0 Å². The van der Waals surface area contributed by atoms with Crippen LogP contribution in [0.15, 0.2) is 0 Å². The third kappa shape index (κ3) is 1.91. The van der Waals surface area contributed by atoms with Gasteiger partial charge in [0.2, 0.25) is 5.41 Å². The molecule has 0 saturated carbocycles. The van der Waals surface area contributed by atoms with Crippen LogP contribution in [0.1, 0.15) is 12.8 Å². The molecule has 1 aliphatic heterocycles. The molecule has 6 nitrogen and oxygen atoms in total. The van der Waals surface area contributed by atoms with Crippen molar-refractivity contribution in [3.05, 3.63) is 0 Å². The maximum absolute atomic E-state index is 11.6. The summed E-state index contributed by atoms with van der Waals surface area (Å²) in [6.45, 7) is 0. The van der Waals surface area contributed by atoms with E-state index in [0.717, 1.165) is 6.42 Å². The van der Waals surface area contributed by atoms with Crippen LogP contribution in [0.5, 0.6) is 0 Å². The van der Waals surface area contributed by atoms with Crippen molar-refractivity contribution in [2.45, 2.75) is 30.4 Å². The third-order valence-corrected chi connectivity index (χ3v) is 7.87. The van der Waals surface area contributed by atoms with E-state index in [9.17, 15) is 9.90 Å². The minimum Gasteiger partial charge on any atom is -0.483 e. The predicted octanol–water partition coefficient (Wildman–Crippen LogP) is 1.18. The molecule has 0 amide bonds. The van der Waals surface area contributed by atoms with Crippen LogP contribution >= 0.6 is 0 Å². The summed E-state index contributed by atoms with van der Waals surface area (Å²) < 4.78 is 21.5. The van der Waals surface area contributed by atoms with Gasteiger partial charge in [-0.15, -0.1) is 0 Å². The van der Waals surface area contributed by atoms with E-state index in [2.05, 4.69) is 0 Å². The number of methoxy groups -OCH3 is 3. The van der Waals surface area contributed by atoms with Gasteiger partial charge in [-0.3, -0.25) is 4.79 Å². The standard InChI is InChI=1S/C10H20O6Si/c1-13-8-6-5-7-17(16-4,9(11)12)10(8,14-2)15-3/h8H,5-7H2,1-4H3,(H,11,12). The smallest absolute Gasteiger partial charge is 0.383 e. The van der Waals surface area contributed by atoms with Crippen molar-refractivity contribution >= 4 is 13.9 Å². The largest absolute Gasteiger partial charge is 0.483 e. The maximum Gasteiger partial charge on any atom is 0.383 e. The fourth-order valence-electron chi connectivity index (χ4n) is 2.70. The number of hydrogen-bond acceptors (Lipinski definition) is 5. The van der Waals surface area contributed by atoms with Gasteiger partial charge in [0, 0.05) is 28.4 Å². The second-order valence-corrected chi connectivity index (χ2v) is 7.72. The fraction of sp³-hybridized carbons (Fsp3) is 0.900. The molecule has 1 aliphatic rings. The zero-order valence-electron chi connectivity index (χ0n) is 10.7. The summed E-state index contributed by atoms with van der Waals surface area (Å²) in [5.41, 5.74) is -2.26. The van der Waals surface area contributed by atoms with E-state index in [1.54, 1.807) is 0 Å². The van der Waals surface area contributed by atoms with Gasteiger partial charge in [0.1, 0.15) is 6.10 Å². The maximum atomic E-state index is 11.6. The summed E-state index contributed by atoms with van der Waals surface area (Å²) in [7, 11) is 2.55. The first-order valence-electron chi connectivity index (χ1n) is 5.46. The second-order valence-electron chi connectivity index (χ2n) is 4.03. The first kappa shape index (κ1) is 14.6. The Bertz CT molecular complexity index is 280. The summed E-state index contributed by atoms with van der Waals surface area (Å²) >= 11 is 0. The number of ether oxygens (including phenoxy) is 3. The van der Waals surface area contributed by atoms with Gasteiger partial charge >= 0.3 is 13.9 Å². The van der Waals surface area contributed by atoms with E-state index < -0.39 is 25.4 Å². The first-order chi connectivity index (χ1) is 8.04. The van der Waals surface area contributed by atoms with Gasteiger partial charge in [-0.1, -0.05) is 6.42 Å². The van der Waals surface area contributed by atoms with Crippen LogP contribution in [0.25, 0.3) is 0 Å². The van der Waals surface area contributed by atoms with Gasteiger partial charge in [0.05, 0.1) is 0 Å². The minimum absolute atomic E-state index is 0.422. The van der Waals surface area contributed by atoms with Gasteiger partial charge < -0.3 is 23.7 Å². The Labute approximate surface area is 102 Å². The molecule has 0 radical (unpaired) electrons. The predicted molar refractivity (Wildman–Crippen MR) is 62.4 cm³/mol. The third-order valence-electron chi connectivity index (χ3n) is 3.57. The van der Waals surface area contributed by atoms with Crippen LogP contribution in [0.4, 0.5) is 4.79 Å². The molecule has 2 unspecified atom stereocenters. The van der Waals surface area contributed by atoms with E-state index in [0.29, 0.717) is 12.5 Å². The molecule has 7 heteroatoms. The Morgan fingerprint density at radius 1 is 1.29 bits per heavy atom. The van der Waals surface area contributed by atoms with Crippen molar-refractivity contribution in [3.63, 3.8) is 0 Å². The lowest BCUT2D eigenvalue weighted by molar-refractivity contribution is -0.228. The normalized spacial score (nSPS) is 32.4. The van der Waals surface area contributed by atoms with Gasteiger partial charge in [0.15, 0.2) is 0 Å². The van der Waals surface area contributed by atoms with E-state index in [1.807, 2.05) is 0 Å². The Kier molecular flexibility index (Phi) is 4.67. The highest BCUT2D eigenvalue weighted by atomic mass is 28.4. The zero-order chi connectivity index (χ0) is 13.1. The van der Waals surface area contributed by atoms with Crippen molar-refractivity contribution in [1.29, 1.82) is 0 Å². The zero-order valence-corrected chi connectivity index (χ0v) is 11.7. The van der Waals surface area contributed by atoms with Crippen LogP contribution < -0.4 is 0 Å². The van der Waals surface area contributed by atoms with Crippen molar-refractivity contribution < 1.29 is 28.5 Å². The number of hydrogen-bond donors (Lipinski definition) is 1. The van der Waals surface area contributed by atoms with E-state index >= 15 is 0 Å². The van der Waals surface area contributed by atoms with Crippen LogP contribution in [-0.2, 0) is 18.6 Å². The SMILES string of the molecule is COC1CCC[Si](OC)(C(=O)O)C1(OC)OC. The number of rotatable bonds is 5. The summed E-state index contributed by atoms with van der Waals surface area (Å²) in [6.07, 6.45) is 1.01. The molecule has 0 aliphatic carbocycles. The topological polar surface area (TPSA) is 74.2 Å². The molecule has 17 heavy (non-hydrogen) atoms. The molecular formula is C10H20O6Si. The van der Waals surface area contributed by atoms with Crippen molar-refractivity contribution in [1.82, 2.24) is 0 Å². The van der Waals surface area contributed by atoms with E-state index in [-0.39, 0.29) is 0 Å². The summed E-state index contributed by atoms with van der Waals surface area (Å²) in [6, 6.07) is 0.459. The number of carbonyl (C=O) groups is 1. The fourth-order valence-corrected chi connectivity index (χ4v) is 6.36. The molecule has 100 valence electrons. The Morgan fingerprint density at radius 2 is 1.88 bits per heavy atom. The summed E-state index contributed by atoms with van der Waals surface area (Å²) in [4.78, 5) is 11.6. The molecule has 0 aromatic heterocycles. The monoisotopic (exact) mass is 264 g/mol. The molecule has 1 N–H and O–H groups in total. The first-order valence-corrected chi connectivity index (χ1v) is 7.57. The summed E-state index contributed by atoms with van der Waals surface area (Å²) in [5, 5.41) is 9.52. The molecule has 2 atom stereocenters. The average Bonchev–Trinajstić information content (AvgIpc) is 2.36. The Balaban J connectivity index is 3.28. The van der Waals surface area contributed by atoms with Crippen LogP contribution in [0.3, 0.4) is 0 Å². The van der Waals surface area contributed by atoms with E-state index in [1.165, 1.54) is 28.4 Å². The van der Waals surface area contributed by atoms with Crippen molar-refractivity contribution in [2.75, 3.05) is 28.4 Å². The highest BCUT2D eigenvalue weighted by molar-refractivity contribution is 7.02. The minimum atomic E-state index is -3.25. The molecule has 0 aromatic carbocycles. The second kappa shape index (κ2) is 5.45. The van der Waals surface area contributed by atoms with Gasteiger partial charge in [0.25, 0.3) is 0 Å². The van der Waals surface area contributed by atoms with Gasteiger partial charge in [-0.2, -0.15) is 0 Å². The summed E-state index contributed by atoms with van der Waals surface area (Å²) in [5.74, 6) is 0. The highest BCUT2D eigenvalue weighted by Gasteiger charge is 2.69. The molecule has 0 bridgehead atoms. The lowest BCUT2D eigenvalue weighted by Gasteiger charge is -2.48. The molecule has 1 saturated heterocycles. The van der Waals surface area contributed by atoms with Gasteiger partial charge in [-0.05, 0) is 12.5 Å². The van der Waals surface area contributed by atoms with E-state index in [4.69, 9.17) is 18.6 Å². The quantitative estimate of drug-likeness (QED) is 0.593. The molecule has 0 aromatic rings. The van der Waals surface area contributed by atoms with Crippen LogP contribution in [0.2, 0.25) is 6.04 Å². The average molecular weight is 264 g/mol. The molecule has 1 rings (SSSR count). The van der Waals surface area contributed by atoms with Crippen LogP contribution in [0, 0.1) is 0 Å². The van der Waals surface area contributed by atoms with Crippen LogP contribution in [-0.4, -0.2) is 59.0 Å². The molecular weight excluding hydrogens is 244 g/mol. The molecule has 1 fully saturated rings. The highest BCUT2D eigenvalue weighted by Crippen LogP contribution is 2.41. The van der Waals surface area contributed by atoms with Gasteiger partial charge in [-0.25, -0.2) is 0 Å². The lowest BCUT2D eigenvalue weighted by atomic mass is 10.2. The number of carboxylic acid groups (broad SMARTS) is 1. The molecule has 0 spiro atoms. The molecule has 1 heterocycles. The Morgan fingerprint density at radius 3 is 2.24 bits per heavy atom. The lowest BCUT2D eigenvalue weighted by Crippen LogP contribution is -2.74. The Hall–Kier alpha value is -0.473. The van der Waals surface area contributed by atoms with Crippen molar-refractivity contribution in [3.8, 4) is 0 Å².